The number of carbonyl (C=O) groups is 1. The van der Waals surface area contributed by atoms with Gasteiger partial charge in [0.05, 0.1) is 4.90 Å². The number of halogens is 2. The number of hydrogen-bond acceptors (Lipinski definition) is 4. The zero-order valence-electron chi connectivity index (χ0n) is 12.5. The largest absolute Gasteiger partial charge is 0.311 e. The van der Waals surface area contributed by atoms with E-state index in [1.54, 1.807) is 19.9 Å². The van der Waals surface area contributed by atoms with Crippen LogP contribution in [-0.4, -0.2) is 31.7 Å². The zero-order chi connectivity index (χ0) is 17.6. The van der Waals surface area contributed by atoms with Crippen molar-refractivity contribution in [2.75, 3.05) is 13.1 Å². The maximum absolute atomic E-state index is 12.3. The monoisotopic (exact) mass is 375 g/mol. The molecule has 0 heterocycles. The highest BCUT2D eigenvalue weighted by Crippen LogP contribution is 2.17. The second kappa shape index (κ2) is 8.31. The lowest BCUT2D eigenvalue weighted by molar-refractivity contribution is 0.0967. The Labute approximate surface area is 145 Å². The van der Waals surface area contributed by atoms with Gasteiger partial charge in [0.25, 0.3) is 5.91 Å². The van der Waals surface area contributed by atoms with Crippen LogP contribution in [0, 0.1) is 11.3 Å². The van der Waals surface area contributed by atoms with Gasteiger partial charge < -0.3 is 5.32 Å². The third kappa shape index (κ3) is 4.69. The Balaban J connectivity index is 3.04. The molecular weight excluding hydrogens is 361 g/mol. The van der Waals surface area contributed by atoms with Gasteiger partial charge in [0.2, 0.25) is 10.0 Å². The summed E-state index contributed by atoms with van der Waals surface area (Å²) in [4.78, 5) is 12.0. The Morgan fingerprint density at radius 1 is 1.22 bits per heavy atom. The molecule has 0 fully saturated rings. The summed E-state index contributed by atoms with van der Waals surface area (Å²) < 4.78 is 25.6. The van der Waals surface area contributed by atoms with Crippen molar-refractivity contribution >= 4 is 39.1 Å². The number of amides is 1. The van der Waals surface area contributed by atoms with Crippen molar-refractivity contribution in [1.82, 2.24) is 9.62 Å². The third-order valence-corrected chi connectivity index (χ3v) is 5.44. The summed E-state index contributed by atoms with van der Waals surface area (Å²) in [6.07, 6.45) is 0. The van der Waals surface area contributed by atoms with Gasteiger partial charge in [-0.3, -0.25) is 4.79 Å². The molecule has 1 aromatic rings. The predicted molar refractivity (Wildman–Crippen MR) is 88.4 cm³/mol. The number of nitrogens with one attached hydrogen (secondary N) is 1. The summed E-state index contributed by atoms with van der Waals surface area (Å²) in [6.45, 7) is 4.19. The molecule has 23 heavy (non-hydrogen) atoms. The van der Waals surface area contributed by atoms with Crippen LogP contribution < -0.4 is 5.32 Å². The molecule has 0 saturated heterocycles. The number of nitriles is 1. The van der Waals surface area contributed by atoms with E-state index in [9.17, 15) is 13.2 Å². The van der Waals surface area contributed by atoms with E-state index in [1.165, 1.54) is 28.6 Å². The average Bonchev–Trinajstić information content (AvgIpc) is 2.53. The first-order valence-electron chi connectivity index (χ1n) is 6.64. The number of allylic oxidation sites excluding steroid dienone is 1. The second-order valence-corrected chi connectivity index (χ2v) is 7.20. The normalized spacial score (nSPS) is 11.0. The Morgan fingerprint density at radius 3 is 2.13 bits per heavy atom. The van der Waals surface area contributed by atoms with Crippen molar-refractivity contribution in [3.05, 3.63) is 40.0 Å². The zero-order valence-corrected chi connectivity index (χ0v) is 14.8. The van der Waals surface area contributed by atoms with Crippen molar-refractivity contribution in [3.8, 4) is 6.07 Å². The van der Waals surface area contributed by atoms with E-state index in [-0.39, 0.29) is 20.6 Å². The molecule has 0 atom stereocenters. The third-order valence-electron chi connectivity index (χ3n) is 3.00. The highest BCUT2D eigenvalue weighted by Gasteiger charge is 2.21. The van der Waals surface area contributed by atoms with E-state index < -0.39 is 15.9 Å². The molecule has 1 aromatic carbocycles. The van der Waals surface area contributed by atoms with Crippen molar-refractivity contribution in [2.45, 2.75) is 18.7 Å². The molecule has 0 spiro atoms. The van der Waals surface area contributed by atoms with Crippen LogP contribution in [0.3, 0.4) is 0 Å². The fourth-order valence-electron chi connectivity index (χ4n) is 1.79. The second-order valence-electron chi connectivity index (χ2n) is 4.32. The number of nitrogens with zero attached hydrogens (tertiary/aromatic N) is 2. The standard InChI is InChI=1S/C14H15Cl2N3O3S/c1-3-19(4-2)23(21,22)11-7-5-10(6-8-11)14(20)18-12(9-17)13(15)16/h5-8H,3-4H2,1-2H3,(H,18,20). The molecule has 0 radical (unpaired) electrons. The van der Waals surface area contributed by atoms with Gasteiger partial charge in [-0.1, -0.05) is 37.0 Å². The van der Waals surface area contributed by atoms with Gasteiger partial charge in [0.15, 0.2) is 5.70 Å². The van der Waals surface area contributed by atoms with Gasteiger partial charge in [0.1, 0.15) is 10.6 Å². The number of carbonyl (C=O) groups excluding carboxylic acids is 1. The molecule has 0 aliphatic carbocycles. The molecule has 0 aliphatic rings. The molecule has 9 heteroatoms. The van der Waals surface area contributed by atoms with Crippen LogP contribution in [0.15, 0.2) is 39.3 Å². The lowest BCUT2D eigenvalue weighted by Gasteiger charge is -2.18. The lowest BCUT2D eigenvalue weighted by Crippen LogP contribution is -2.30. The minimum atomic E-state index is -3.59. The highest BCUT2D eigenvalue weighted by atomic mass is 35.5. The summed E-state index contributed by atoms with van der Waals surface area (Å²) in [6, 6.07) is 7.02. The Hall–Kier alpha value is -1.59. The first-order valence-corrected chi connectivity index (χ1v) is 8.84. The summed E-state index contributed by atoms with van der Waals surface area (Å²) in [7, 11) is -3.59. The van der Waals surface area contributed by atoms with E-state index in [1.807, 2.05) is 0 Å². The van der Waals surface area contributed by atoms with Crippen molar-refractivity contribution in [2.24, 2.45) is 0 Å². The molecule has 0 bridgehead atoms. The molecule has 6 nitrogen and oxygen atoms in total. The van der Waals surface area contributed by atoms with Gasteiger partial charge in [-0.15, -0.1) is 0 Å². The lowest BCUT2D eigenvalue weighted by atomic mass is 10.2. The molecule has 0 unspecified atom stereocenters. The SMILES string of the molecule is CCN(CC)S(=O)(=O)c1ccc(C(=O)NC(C#N)=C(Cl)Cl)cc1. The quantitative estimate of drug-likeness (QED) is 0.773. The van der Waals surface area contributed by atoms with E-state index >= 15 is 0 Å². The molecule has 124 valence electrons. The van der Waals surface area contributed by atoms with Crippen LogP contribution in [0.4, 0.5) is 0 Å². The minimum Gasteiger partial charge on any atom is -0.311 e. The summed E-state index contributed by atoms with van der Waals surface area (Å²) in [5.41, 5.74) is -0.107. The Morgan fingerprint density at radius 2 is 1.74 bits per heavy atom. The molecule has 1 N–H and O–H groups in total. The van der Waals surface area contributed by atoms with Crippen LogP contribution in [0.25, 0.3) is 0 Å². The number of benzene rings is 1. The van der Waals surface area contributed by atoms with Crippen molar-refractivity contribution in [3.63, 3.8) is 0 Å². The highest BCUT2D eigenvalue weighted by molar-refractivity contribution is 7.89. The first kappa shape index (κ1) is 19.5. The molecule has 0 aromatic heterocycles. The number of rotatable bonds is 6. The van der Waals surface area contributed by atoms with Gasteiger partial charge in [-0.05, 0) is 24.3 Å². The van der Waals surface area contributed by atoms with Crippen LogP contribution in [0.1, 0.15) is 24.2 Å². The van der Waals surface area contributed by atoms with Gasteiger partial charge >= 0.3 is 0 Å². The van der Waals surface area contributed by atoms with Crippen molar-refractivity contribution < 1.29 is 13.2 Å². The van der Waals surface area contributed by atoms with Crippen LogP contribution in [0.2, 0.25) is 0 Å². The number of hydrogen-bond donors (Lipinski definition) is 1. The summed E-state index contributed by atoms with van der Waals surface area (Å²) in [5.74, 6) is -0.618. The molecule has 0 saturated carbocycles. The fourth-order valence-corrected chi connectivity index (χ4v) is 3.43. The topological polar surface area (TPSA) is 90.3 Å². The Kier molecular flexibility index (Phi) is 7.03. The van der Waals surface area contributed by atoms with E-state index in [0.717, 1.165) is 0 Å². The van der Waals surface area contributed by atoms with Crippen LogP contribution >= 0.6 is 23.2 Å². The maximum Gasteiger partial charge on any atom is 0.256 e. The summed E-state index contributed by atoms with van der Waals surface area (Å²) >= 11 is 10.9. The fraction of sp³-hybridized carbons (Fsp3) is 0.286. The van der Waals surface area contributed by atoms with E-state index in [4.69, 9.17) is 28.5 Å². The average molecular weight is 376 g/mol. The van der Waals surface area contributed by atoms with Crippen molar-refractivity contribution in [1.29, 1.82) is 5.26 Å². The predicted octanol–water partition coefficient (Wildman–Crippen LogP) is 2.62. The molecular formula is C14H15Cl2N3O3S. The number of sulfonamides is 1. The summed E-state index contributed by atoms with van der Waals surface area (Å²) in [5, 5.41) is 11.0. The Bertz CT molecular complexity index is 744. The maximum atomic E-state index is 12.3. The van der Waals surface area contributed by atoms with Gasteiger partial charge in [-0.2, -0.15) is 9.57 Å². The van der Waals surface area contributed by atoms with Crippen LogP contribution in [-0.2, 0) is 10.0 Å². The molecule has 1 rings (SSSR count). The van der Waals surface area contributed by atoms with E-state index in [0.29, 0.717) is 13.1 Å². The minimum absolute atomic E-state index is 0.0872. The molecule has 1 amide bonds. The van der Waals surface area contributed by atoms with Gasteiger partial charge in [0, 0.05) is 18.7 Å². The molecule has 0 aliphatic heterocycles. The van der Waals surface area contributed by atoms with Crippen LogP contribution in [0.5, 0.6) is 0 Å². The first-order chi connectivity index (χ1) is 10.8. The van der Waals surface area contributed by atoms with Gasteiger partial charge in [-0.25, -0.2) is 8.42 Å². The smallest absolute Gasteiger partial charge is 0.256 e. The van der Waals surface area contributed by atoms with E-state index in [2.05, 4.69) is 5.32 Å².